The van der Waals surface area contributed by atoms with Crippen LogP contribution in [0.25, 0.3) is 10.9 Å². The van der Waals surface area contributed by atoms with Crippen molar-refractivity contribution in [3.63, 3.8) is 0 Å². The summed E-state index contributed by atoms with van der Waals surface area (Å²) in [7, 11) is 0. The lowest BCUT2D eigenvalue weighted by molar-refractivity contribution is 0.0932. The molecule has 28 heavy (non-hydrogen) atoms. The average Bonchev–Trinajstić information content (AvgIpc) is 3.29. The maximum Gasteiger partial charge on any atom is 0.273 e. The zero-order chi connectivity index (χ0) is 19.5. The SMILES string of the molecule is C[C@@H](Cn1ccc2ccccc21)NC(=O)c1cn(Cc2cccc(Cl)c2)nn1. The summed E-state index contributed by atoms with van der Waals surface area (Å²) in [4.78, 5) is 12.5. The van der Waals surface area contributed by atoms with Gasteiger partial charge in [-0.05, 0) is 42.1 Å². The fourth-order valence-electron chi connectivity index (χ4n) is 3.24. The monoisotopic (exact) mass is 393 g/mol. The third-order valence-electron chi connectivity index (χ3n) is 4.53. The maximum absolute atomic E-state index is 12.5. The first kappa shape index (κ1) is 18.3. The molecule has 0 saturated carbocycles. The third kappa shape index (κ3) is 4.07. The van der Waals surface area contributed by atoms with Gasteiger partial charge in [0.2, 0.25) is 0 Å². The number of fused-ring (bicyclic) bond motifs is 1. The van der Waals surface area contributed by atoms with Gasteiger partial charge in [-0.25, -0.2) is 4.68 Å². The molecule has 2 aromatic carbocycles. The van der Waals surface area contributed by atoms with Crippen LogP contribution in [-0.4, -0.2) is 31.5 Å². The summed E-state index contributed by atoms with van der Waals surface area (Å²) >= 11 is 6.01. The number of aromatic nitrogens is 4. The largest absolute Gasteiger partial charge is 0.346 e. The Morgan fingerprint density at radius 3 is 2.89 bits per heavy atom. The molecular weight excluding hydrogens is 374 g/mol. The van der Waals surface area contributed by atoms with Gasteiger partial charge in [0.25, 0.3) is 5.91 Å². The lowest BCUT2D eigenvalue weighted by Crippen LogP contribution is -2.35. The molecule has 0 aliphatic heterocycles. The van der Waals surface area contributed by atoms with Crippen molar-refractivity contribution in [2.75, 3.05) is 0 Å². The number of nitrogens with one attached hydrogen (secondary N) is 1. The number of amides is 1. The van der Waals surface area contributed by atoms with Crippen molar-refractivity contribution < 1.29 is 4.79 Å². The predicted molar refractivity (Wildman–Crippen MR) is 109 cm³/mol. The molecule has 0 aliphatic carbocycles. The summed E-state index contributed by atoms with van der Waals surface area (Å²) in [5.74, 6) is -0.235. The molecule has 7 heteroatoms. The molecule has 1 N–H and O–H groups in total. The number of nitrogens with zero attached hydrogens (tertiary/aromatic N) is 4. The second kappa shape index (κ2) is 7.86. The predicted octanol–water partition coefficient (Wildman–Crippen LogP) is 3.75. The number of benzene rings is 2. The van der Waals surface area contributed by atoms with Gasteiger partial charge in [-0.1, -0.05) is 47.1 Å². The first-order chi connectivity index (χ1) is 13.6. The van der Waals surface area contributed by atoms with Crippen LogP contribution in [0, 0.1) is 0 Å². The molecule has 0 radical (unpaired) electrons. The fraction of sp³-hybridized carbons (Fsp3) is 0.190. The van der Waals surface area contributed by atoms with Crippen molar-refractivity contribution >= 4 is 28.4 Å². The number of hydrogen-bond donors (Lipinski definition) is 1. The summed E-state index contributed by atoms with van der Waals surface area (Å²) < 4.78 is 3.76. The Labute approximate surface area is 167 Å². The average molecular weight is 394 g/mol. The first-order valence-electron chi connectivity index (χ1n) is 9.08. The van der Waals surface area contributed by atoms with Crippen LogP contribution in [0.3, 0.4) is 0 Å². The van der Waals surface area contributed by atoms with E-state index in [1.54, 1.807) is 10.9 Å². The lowest BCUT2D eigenvalue weighted by Gasteiger charge is -2.14. The highest BCUT2D eigenvalue weighted by Crippen LogP contribution is 2.15. The van der Waals surface area contributed by atoms with E-state index in [9.17, 15) is 4.79 Å². The molecule has 0 unspecified atom stereocenters. The first-order valence-corrected chi connectivity index (χ1v) is 9.45. The number of carbonyl (C=O) groups is 1. The number of rotatable bonds is 6. The van der Waals surface area contributed by atoms with Gasteiger partial charge in [-0.15, -0.1) is 5.10 Å². The summed E-state index contributed by atoms with van der Waals surface area (Å²) in [5, 5.41) is 12.9. The molecule has 4 aromatic rings. The van der Waals surface area contributed by atoms with Crippen LogP contribution in [0.5, 0.6) is 0 Å². The van der Waals surface area contributed by atoms with Gasteiger partial charge in [0.05, 0.1) is 12.7 Å². The molecule has 4 rings (SSSR count). The maximum atomic E-state index is 12.5. The summed E-state index contributed by atoms with van der Waals surface area (Å²) in [6, 6.07) is 17.7. The van der Waals surface area contributed by atoms with E-state index in [-0.39, 0.29) is 11.9 Å². The van der Waals surface area contributed by atoms with Crippen LogP contribution in [0.4, 0.5) is 0 Å². The van der Waals surface area contributed by atoms with E-state index >= 15 is 0 Å². The van der Waals surface area contributed by atoms with Crippen molar-refractivity contribution in [3.8, 4) is 0 Å². The van der Waals surface area contributed by atoms with E-state index in [0.717, 1.165) is 11.1 Å². The minimum Gasteiger partial charge on any atom is -0.346 e. The molecule has 0 aliphatic rings. The Bertz CT molecular complexity index is 1120. The van der Waals surface area contributed by atoms with Crippen LogP contribution in [0.2, 0.25) is 5.02 Å². The van der Waals surface area contributed by atoms with Crippen molar-refractivity contribution in [1.82, 2.24) is 24.9 Å². The Hall–Kier alpha value is -3.12. The highest BCUT2D eigenvalue weighted by Gasteiger charge is 2.15. The van der Waals surface area contributed by atoms with Gasteiger partial charge in [-0.2, -0.15) is 0 Å². The Balaban J connectivity index is 1.39. The molecule has 0 spiro atoms. The van der Waals surface area contributed by atoms with Crippen molar-refractivity contribution in [1.29, 1.82) is 0 Å². The van der Waals surface area contributed by atoms with Crippen LogP contribution in [-0.2, 0) is 13.1 Å². The minimum absolute atomic E-state index is 0.0543. The lowest BCUT2D eigenvalue weighted by atomic mass is 10.2. The van der Waals surface area contributed by atoms with Gasteiger partial charge in [0, 0.05) is 29.3 Å². The smallest absolute Gasteiger partial charge is 0.273 e. The van der Waals surface area contributed by atoms with E-state index in [1.165, 1.54) is 5.39 Å². The molecule has 0 fully saturated rings. The van der Waals surface area contributed by atoms with Gasteiger partial charge in [0.1, 0.15) is 0 Å². The quantitative estimate of drug-likeness (QED) is 0.542. The highest BCUT2D eigenvalue weighted by molar-refractivity contribution is 6.30. The zero-order valence-electron chi connectivity index (χ0n) is 15.4. The molecule has 0 bridgehead atoms. The molecule has 2 aromatic heterocycles. The summed E-state index contributed by atoms with van der Waals surface area (Å²) in [6.45, 7) is 3.16. The standard InChI is InChI=1S/C21H20ClN5O/c1-15(12-26-10-9-17-6-2-3-8-20(17)26)23-21(28)19-14-27(25-24-19)13-16-5-4-7-18(22)11-16/h2-11,14-15H,12-13H2,1H3,(H,23,28)/t15-/m0/s1. The Morgan fingerprint density at radius 2 is 2.04 bits per heavy atom. The van der Waals surface area contributed by atoms with Crippen LogP contribution in [0.15, 0.2) is 67.0 Å². The number of para-hydroxylation sites is 1. The molecular formula is C21H20ClN5O. The normalized spacial score (nSPS) is 12.2. The van der Waals surface area contributed by atoms with E-state index in [2.05, 4.69) is 38.4 Å². The van der Waals surface area contributed by atoms with Gasteiger partial charge in [-0.3, -0.25) is 4.79 Å². The topological polar surface area (TPSA) is 64.7 Å². The van der Waals surface area contributed by atoms with Gasteiger partial charge < -0.3 is 9.88 Å². The van der Waals surface area contributed by atoms with Gasteiger partial charge in [0.15, 0.2) is 5.69 Å². The molecule has 1 atom stereocenters. The van der Waals surface area contributed by atoms with E-state index in [1.807, 2.05) is 49.5 Å². The van der Waals surface area contributed by atoms with Crippen molar-refractivity contribution in [3.05, 3.63) is 83.3 Å². The zero-order valence-corrected chi connectivity index (χ0v) is 16.2. The second-order valence-corrected chi connectivity index (χ2v) is 7.27. The molecule has 0 saturated heterocycles. The molecule has 2 heterocycles. The van der Waals surface area contributed by atoms with E-state index in [4.69, 9.17) is 11.6 Å². The van der Waals surface area contributed by atoms with E-state index in [0.29, 0.717) is 23.8 Å². The molecule has 1 amide bonds. The van der Waals surface area contributed by atoms with Crippen molar-refractivity contribution in [2.24, 2.45) is 0 Å². The number of hydrogen-bond acceptors (Lipinski definition) is 3. The Morgan fingerprint density at radius 1 is 1.18 bits per heavy atom. The van der Waals surface area contributed by atoms with E-state index < -0.39 is 0 Å². The Kier molecular flexibility index (Phi) is 5.12. The molecule has 142 valence electrons. The second-order valence-electron chi connectivity index (χ2n) is 6.83. The number of halogens is 1. The van der Waals surface area contributed by atoms with Crippen LogP contribution in [0.1, 0.15) is 23.0 Å². The number of carbonyl (C=O) groups excluding carboxylic acids is 1. The molecule has 6 nitrogen and oxygen atoms in total. The van der Waals surface area contributed by atoms with Crippen molar-refractivity contribution in [2.45, 2.75) is 26.1 Å². The summed E-state index contributed by atoms with van der Waals surface area (Å²) in [5.41, 5.74) is 2.44. The van der Waals surface area contributed by atoms with Crippen LogP contribution < -0.4 is 5.32 Å². The fourth-order valence-corrected chi connectivity index (χ4v) is 3.45. The third-order valence-corrected chi connectivity index (χ3v) is 4.77. The minimum atomic E-state index is -0.235. The van der Waals surface area contributed by atoms with Gasteiger partial charge >= 0.3 is 0 Å². The summed E-state index contributed by atoms with van der Waals surface area (Å²) in [6.07, 6.45) is 3.68. The van der Waals surface area contributed by atoms with Crippen LogP contribution >= 0.6 is 11.6 Å². The highest BCUT2D eigenvalue weighted by atomic mass is 35.5.